The molecular weight excluding hydrogens is 224 g/mol. The van der Waals surface area contributed by atoms with Crippen LogP contribution in [0.5, 0.6) is 0 Å². The van der Waals surface area contributed by atoms with E-state index in [9.17, 15) is 4.79 Å². The van der Waals surface area contributed by atoms with E-state index in [4.69, 9.17) is 4.74 Å². The van der Waals surface area contributed by atoms with Gasteiger partial charge in [0.15, 0.2) is 0 Å². The fraction of sp³-hybridized carbons (Fsp3) is 0.812. The first-order valence-electron chi connectivity index (χ1n) is 7.44. The Kier molecular flexibility index (Phi) is 2.80. The fourth-order valence-corrected chi connectivity index (χ4v) is 4.24. The summed E-state index contributed by atoms with van der Waals surface area (Å²) in [6.45, 7) is 5.48. The van der Waals surface area contributed by atoms with E-state index < -0.39 is 0 Å². The number of hydrogen-bond donors (Lipinski definition) is 0. The standard InChI is InChI=1S/C16H24O2/c1-12(2)14(17)18-16(13-5-6-13)10-9-15(11-16)7-3-4-8-15/h13H,1,3-11H2,2H3. The smallest absolute Gasteiger partial charge is 0.333 e. The van der Waals surface area contributed by atoms with E-state index in [-0.39, 0.29) is 11.6 Å². The van der Waals surface area contributed by atoms with Crippen molar-refractivity contribution < 1.29 is 9.53 Å². The zero-order valence-corrected chi connectivity index (χ0v) is 11.5. The van der Waals surface area contributed by atoms with Crippen molar-refractivity contribution in [3.8, 4) is 0 Å². The number of esters is 1. The highest BCUT2D eigenvalue weighted by Crippen LogP contribution is 2.61. The quantitative estimate of drug-likeness (QED) is 0.557. The highest BCUT2D eigenvalue weighted by atomic mass is 16.6. The summed E-state index contributed by atoms with van der Waals surface area (Å²) in [5, 5.41) is 0. The highest BCUT2D eigenvalue weighted by Gasteiger charge is 2.57. The van der Waals surface area contributed by atoms with Gasteiger partial charge in [-0.05, 0) is 63.2 Å². The Hall–Kier alpha value is -0.790. The van der Waals surface area contributed by atoms with Gasteiger partial charge in [0.2, 0.25) is 0 Å². The second-order valence-electron chi connectivity index (χ2n) is 6.89. The Morgan fingerprint density at radius 3 is 2.39 bits per heavy atom. The van der Waals surface area contributed by atoms with Crippen LogP contribution in [-0.4, -0.2) is 11.6 Å². The van der Waals surface area contributed by atoms with Crippen molar-refractivity contribution in [1.29, 1.82) is 0 Å². The number of ether oxygens (including phenoxy) is 1. The summed E-state index contributed by atoms with van der Waals surface area (Å²) >= 11 is 0. The summed E-state index contributed by atoms with van der Waals surface area (Å²) < 4.78 is 5.93. The van der Waals surface area contributed by atoms with Gasteiger partial charge in [0.25, 0.3) is 0 Å². The maximum absolute atomic E-state index is 11.9. The van der Waals surface area contributed by atoms with Gasteiger partial charge in [-0.15, -0.1) is 0 Å². The lowest BCUT2D eigenvalue weighted by Gasteiger charge is -2.32. The van der Waals surface area contributed by atoms with Crippen molar-refractivity contribution in [2.24, 2.45) is 11.3 Å². The summed E-state index contributed by atoms with van der Waals surface area (Å²) in [4.78, 5) is 11.9. The molecule has 0 N–H and O–H groups in total. The van der Waals surface area contributed by atoms with Gasteiger partial charge in [0.05, 0.1) is 0 Å². The van der Waals surface area contributed by atoms with E-state index in [1.807, 2.05) is 0 Å². The van der Waals surface area contributed by atoms with Crippen LogP contribution in [0.3, 0.4) is 0 Å². The summed E-state index contributed by atoms with van der Waals surface area (Å²) in [7, 11) is 0. The molecular formula is C16H24O2. The molecule has 3 fully saturated rings. The van der Waals surface area contributed by atoms with Crippen LogP contribution in [0.25, 0.3) is 0 Å². The van der Waals surface area contributed by atoms with Crippen molar-refractivity contribution in [2.75, 3.05) is 0 Å². The number of hydrogen-bond acceptors (Lipinski definition) is 2. The summed E-state index contributed by atoms with van der Waals surface area (Å²) in [5.41, 5.74) is 0.931. The molecule has 0 aliphatic heterocycles. The molecule has 0 heterocycles. The molecule has 3 saturated carbocycles. The van der Waals surface area contributed by atoms with Gasteiger partial charge in [0, 0.05) is 5.57 Å². The molecule has 0 bridgehead atoms. The Morgan fingerprint density at radius 2 is 1.83 bits per heavy atom. The third-order valence-corrected chi connectivity index (χ3v) is 5.38. The fourth-order valence-electron chi connectivity index (χ4n) is 4.24. The molecule has 2 nitrogen and oxygen atoms in total. The molecule has 0 amide bonds. The predicted octanol–water partition coefficient (Wildman–Crippen LogP) is 4.00. The van der Waals surface area contributed by atoms with Crippen LogP contribution in [0.1, 0.15) is 64.7 Å². The van der Waals surface area contributed by atoms with Gasteiger partial charge in [-0.3, -0.25) is 0 Å². The third-order valence-electron chi connectivity index (χ3n) is 5.38. The molecule has 0 aromatic carbocycles. The largest absolute Gasteiger partial charge is 0.455 e. The van der Waals surface area contributed by atoms with Gasteiger partial charge in [0.1, 0.15) is 5.60 Å². The normalized spacial score (nSPS) is 33.8. The molecule has 1 spiro atoms. The van der Waals surface area contributed by atoms with Crippen molar-refractivity contribution in [1.82, 2.24) is 0 Å². The first kappa shape index (κ1) is 12.3. The number of carbonyl (C=O) groups excluding carboxylic acids is 1. The van der Waals surface area contributed by atoms with Crippen LogP contribution in [0, 0.1) is 11.3 Å². The average molecular weight is 248 g/mol. The van der Waals surface area contributed by atoms with Gasteiger partial charge < -0.3 is 4.74 Å². The lowest BCUT2D eigenvalue weighted by molar-refractivity contribution is -0.157. The van der Waals surface area contributed by atoms with E-state index >= 15 is 0 Å². The molecule has 3 aliphatic carbocycles. The van der Waals surface area contributed by atoms with Gasteiger partial charge in [-0.25, -0.2) is 4.79 Å². The van der Waals surface area contributed by atoms with E-state index in [0.717, 1.165) is 12.8 Å². The molecule has 0 aromatic rings. The molecule has 1 atom stereocenters. The van der Waals surface area contributed by atoms with Gasteiger partial charge in [-0.1, -0.05) is 19.4 Å². The molecule has 18 heavy (non-hydrogen) atoms. The summed E-state index contributed by atoms with van der Waals surface area (Å²) in [6.07, 6.45) is 11.4. The van der Waals surface area contributed by atoms with Crippen LogP contribution in [0.4, 0.5) is 0 Å². The number of carbonyl (C=O) groups is 1. The topological polar surface area (TPSA) is 26.3 Å². The SMILES string of the molecule is C=C(C)C(=O)OC1(C2CC2)CCC2(CCCC2)C1. The molecule has 0 saturated heterocycles. The first-order chi connectivity index (χ1) is 8.55. The van der Waals surface area contributed by atoms with E-state index in [1.165, 1.54) is 44.9 Å². The van der Waals surface area contributed by atoms with Gasteiger partial charge in [-0.2, -0.15) is 0 Å². The molecule has 1 unspecified atom stereocenters. The lowest BCUT2D eigenvalue weighted by Crippen LogP contribution is -2.36. The molecule has 2 heteroatoms. The monoisotopic (exact) mass is 248 g/mol. The van der Waals surface area contributed by atoms with Crippen LogP contribution in [0.2, 0.25) is 0 Å². The molecule has 0 radical (unpaired) electrons. The Balaban J connectivity index is 1.77. The van der Waals surface area contributed by atoms with Crippen LogP contribution >= 0.6 is 0 Å². The van der Waals surface area contributed by atoms with Crippen molar-refractivity contribution in [3.05, 3.63) is 12.2 Å². The molecule has 0 aromatic heterocycles. The average Bonchev–Trinajstić information content (AvgIpc) is 3.01. The van der Waals surface area contributed by atoms with E-state index in [1.54, 1.807) is 6.92 Å². The Bertz CT molecular complexity index is 375. The van der Waals surface area contributed by atoms with Crippen molar-refractivity contribution >= 4 is 5.97 Å². The lowest BCUT2D eigenvalue weighted by atomic mass is 9.81. The first-order valence-corrected chi connectivity index (χ1v) is 7.44. The maximum atomic E-state index is 11.9. The Morgan fingerprint density at radius 1 is 1.17 bits per heavy atom. The minimum atomic E-state index is -0.169. The van der Waals surface area contributed by atoms with E-state index in [2.05, 4.69) is 6.58 Å². The minimum Gasteiger partial charge on any atom is -0.455 e. The highest BCUT2D eigenvalue weighted by molar-refractivity contribution is 5.87. The van der Waals surface area contributed by atoms with Crippen molar-refractivity contribution in [2.45, 2.75) is 70.3 Å². The molecule has 3 aliphatic rings. The zero-order chi connectivity index (χ0) is 12.8. The van der Waals surface area contributed by atoms with Crippen LogP contribution < -0.4 is 0 Å². The minimum absolute atomic E-state index is 0.125. The molecule has 100 valence electrons. The third kappa shape index (κ3) is 2.00. The second-order valence-corrected chi connectivity index (χ2v) is 6.89. The summed E-state index contributed by atoms with van der Waals surface area (Å²) in [6, 6.07) is 0. The Labute approximate surface area is 110 Å². The van der Waals surface area contributed by atoms with Crippen LogP contribution in [0.15, 0.2) is 12.2 Å². The zero-order valence-electron chi connectivity index (χ0n) is 11.5. The van der Waals surface area contributed by atoms with Gasteiger partial charge >= 0.3 is 5.97 Å². The predicted molar refractivity (Wildman–Crippen MR) is 71.1 cm³/mol. The summed E-state index contributed by atoms with van der Waals surface area (Å²) in [5.74, 6) is 0.470. The second kappa shape index (κ2) is 4.11. The molecule has 3 rings (SSSR count). The van der Waals surface area contributed by atoms with Crippen LogP contribution in [-0.2, 0) is 9.53 Å². The maximum Gasteiger partial charge on any atom is 0.333 e. The number of rotatable bonds is 3. The van der Waals surface area contributed by atoms with Crippen molar-refractivity contribution in [3.63, 3.8) is 0 Å². The van der Waals surface area contributed by atoms with E-state index in [0.29, 0.717) is 16.9 Å².